The zero-order valence-electron chi connectivity index (χ0n) is 5.54. The summed E-state index contributed by atoms with van der Waals surface area (Å²) in [6.45, 7) is 1.32. The van der Waals surface area contributed by atoms with Crippen LogP contribution in [0.5, 0.6) is 0 Å². The maximum absolute atomic E-state index is 10.1. The SMILES string of the molecule is O=S([O-])NC1CCOCC1. The molecule has 1 fully saturated rings. The summed E-state index contributed by atoms with van der Waals surface area (Å²) in [5.74, 6) is 0. The highest BCUT2D eigenvalue weighted by molar-refractivity contribution is 7.77. The molecule has 0 amide bonds. The van der Waals surface area contributed by atoms with E-state index in [4.69, 9.17) is 4.74 Å². The summed E-state index contributed by atoms with van der Waals surface area (Å²) >= 11 is -2.12. The fourth-order valence-corrected chi connectivity index (χ4v) is 1.46. The van der Waals surface area contributed by atoms with E-state index in [2.05, 4.69) is 4.72 Å². The Kier molecular flexibility index (Phi) is 3.27. The molecule has 1 atom stereocenters. The number of hydrogen-bond donors (Lipinski definition) is 1. The molecular weight excluding hydrogens is 154 g/mol. The van der Waals surface area contributed by atoms with E-state index in [0.29, 0.717) is 13.2 Å². The Morgan fingerprint density at radius 1 is 1.50 bits per heavy atom. The third-order valence-electron chi connectivity index (χ3n) is 1.48. The fourth-order valence-electron chi connectivity index (χ4n) is 0.952. The summed E-state index contributed by atoms with van der Waals surface area (Å²) in [5, 5.41) is 0. The molecule has 0 aliphatic carbocycles. The minimum Gasteiger partial charge on any atom is -0.760 e. The average Bonchev–Trinajstić information content (AvgIpc) is 1.88. The summed E-state index contributed by atoms with van der Waals surface area (Å²) in [4.78, 5) is 0. The predicted octanol–water partition coefficient (Wildman–Crippen LogP) is -0.451. The van der Waals surface area contributed by atoms with Gasteiger partial charge in [0.2, 0.25) is 0 Å². The molecule has 5 heteroatoms. The molecule has 10 heavy (non-hydrogen) atoms. The van der Waals surface area contributed by atoms with Gasteiger partial charge in [-0.05, 0) is 12.8 Å². The van der Waals surface area contributed by atoms with Crippen LogP contribution in [0.1, 0.15) is 12.8 Å². The van der Waals surface area contributed by atoms with Gasteiger partial charge in [-0.1, -0.05) is 0 Å². The smallest absolute Gasteiger partial charge is 0.0481 e. The van der Waals surface area contributed by atoms with Crippen LogP contribution in [0.2, 0.25) is 0 Å². The highest BCUT2D eigenvalue weighted by atomic mass is 32.2. The van der Waals surface area contributed by atoms with Crippen LogP contribution in [0, 0.1) is 0 Å². The van der Waals surface area contributed by atoms with Crippen molar-refractivity contribution >= 4 is 11.3 Å². The van der Waals surface area contributed by atoms with Crippen LogP contribution in [0.3, 0.4) is 0 Å². The van der Waals surface area contributed by atoms with E-state index in [-0.39, 0.29) is 6.04 Å². The highest BCUT2D eigenvalue weighted by Crippen LogP contribution is 2.05. The van der Waals surface area contributed by atoms with Crippen molar-refractivity contribution in [1.82, 2.24) is 4.72 Å². The molecule has 0 radical (unpaired) electrons. The lowest BCUT2D eigenvalue weighted by atomic mass is 10.1. The Labute approximate surface area is 62.4 Å². The Morgan fingerprint density at radius 2 is 2.10 bits per heavy atom. The summed E-state index contributed by atoms with van der Waals surface area (Å²) < 4.78 is 27.7. The van der Waals surface area contributed by atoms with Crippen LogP contribution >= 0.6 is 0 Å². The second-order valence-corrected chi connectivity index (χ2v) is 2.94. The molecule has 0 aromatic carbocycles. The first-order valence-corrected chi connectivity index (χ1v) is 4.29. The second kappa shape index (κ2) is 4.02. The Balaban J connectivity index is 2.19. The summed E-state index contributed by atoms with van der Waals surface area (Å²) in [5.41, 5.74) is 0. The summed E-state index contributed by atoms with van der Waals surface area (Å²) in [7, 11) is 0. The van der Waals surface area contributed by atoms with E-state index < -0.39 is 11.3 Å². The van der Waals surface area contributed by atoms with Gasteiger partial charge in [0, 0.05) is 30.5 Å². The van der Waals surface area contributed by atoms with Crippen molar-refractivity contribution in [2.45, 2.75) is 18.9 Å². The molecule has 0 bridgehead atoms. The highest BCUT2D eigenvalue weighted by Gasteiger charge is 2.12. The summed E-state index contributed by atoms with van der Waals surface area (Å²) in [6.07, 6.45) is 1.57. The van der Waals surface area contributed by atoms with E-state index in [1.165, 1.54) is 0 Å². The molecule has 0 aromatic heterocycles. The number of rotatable bonds is 2. The number of nitrogens with one attached hydrogen (secondary N) is 1. The standard InChI is InChI=1S/C5H11NO3S/c7-10(8)6-5-1-3-9-4-2-5/h5-6H,1-4H2,(H,7,8)/p-1. The van der Waals surface area contributed by atoms with Gasteiger partial charge in [0.1, 0.15) is 0 Å². The maximum Gasteiger partial charge on any atom is 0.0481 e. The lowest BCUT2D eigenvalue weighted by molar-refractivity contribution is 0.0831. The topological polar surface area (TPSA) is 61.4 Å². The molecular formula is C5H10NO3S-. The Bertz CT molecular complexity index is 124. The van der Waals surface area contributed by atoms with Crippen molar-refractivity contribution in [2.75, 3.05) is 13.2 Å². The molecule has 1 saturated heterocycles. The Morgan fingerprint density at radius 3 is 2.60 bits per heavy atom. The first-order valence-electron chi connectivity index (χ1n) is 3.22. The van der Waals surface area contributed by atoms with E-state index in [1.54, 1.807) is 0 Å². The second-order valence-electron chi connectivity index (χ2n) is 2.24. The van der Waals surface area contributed by atoms with E-state index in [0.717, 1.165) is 12.8 Å². The molecule has 1 unspecified atom stereocenters. The molecule has 0 saturated carbocycles. The van der Waals surface area contributed by atoms with Crippen molar-refractivity contribution in [3.8, 4) is 0 Å². The molecule has 60 valence electrons. The first-order chi connectivity index (χ1) is 4.79. The molecule has 0 spiro atoms. The third-order valence-corrected chi connectivity index (χ3v) is 2.01. The molecule has 4 nitrogen and oxygen atoms in total. The molecule has 1 heterocycles. The zero-order chi connectivity index (χ0) is 7.40. The van der Waals surface area contributed by atoms with Crippen LogP contribution < -0.4 is 4.72 Å². The van der Waals surface area contributed by atoms with Gasteiger partial charge in [0.05, 0.1) is 0 Å². The minimum atomic E-state index is -2.12. The maximum atomic E-state index is 10.1. The Hall–Kier alpha value is 0.0300. The lowest BCUT2D eigenvalue weighted by Gasteiger charge is -2.23. The van der Waals surface area contributed by atoms with E-state index >= 15 is 0 Å². The molecule has 1 aliphatic heterocycles. The van der Waals surface area contributed by atoms with Crippen LogP contribution in [0.25, 0.3) is 0 Å². The third kappa shape index (κ3) is 2.74. The van der Waals surface area contributed by atoms with Crippen LogP contribution in [-0.2, 0) is 16.0 Å². The van der Waals surface area contributed by atoms with E-state index in [9.17, 15) is 8.76 Å². The van der Waals surface area contributed by atoms with Gasteiger partial charge in [-0.15, -0.1) is 0 Å². The minimum absolute atomic E-state index is 0.0899. The molecule has 0 aromatic rings. The van der Waals surface area contributed by atoms with Gasteiger partial charge in [-0.3, -0.25) is 4.21 Å². The van der Waals surface area contributed by atoms with Gasteiger partial charge >= 0.3 is 0 Å². The number of ether oxygens (including phenoxy) is 1. The fraction of sp³-hybridized carbons (Fsp3) is 1.00. The van der Waals surface area contributed by atoms with Gasteiger partial charge < -0.3 is 9.29 Å². The lowest BCUT2D eigenvalue weighted by Crippen LogP contribution is -2.35. The van der Waals surface area contributed by atoms with Gasteiger partial charge in [-0.2, -0.15) is 0 Å². The monoisotopic (exact) mass is 164 g/mol. The van der Waals surface area contributed by atoms with E-state index in [1.807, 2.05) is 0 Å². The molecule has 1 aliphatic rings. The average molecular weight is 164 g/mol. The van der Waals surface area contributed by atoms with Gasteiger partial charge in [-0.25, -0.2) is 4.72 Å². The van der Waals surface area contributed by atoms with Crippen LogP contribution in [0.4, 0.5) is 0 Å². The van der Waals surface area contributed by atoms with Crippen molar-refractivity contribution in [1.29, 1.82) is 0 Å². The molecule has 1 N–H and O–H groups in total. The predicted molar refractivity (Wildman–Crippen MR) is 35.9 cm³/mol. The van der Waals surface area contributed by atoms with Gasteiger partial charge in [0.15, 0.2) is 0 Å². The summed E-state index contributed by atoms with van der Waals surface area (Å²) in [6, 6.07) is 0.0899. The van der Waals surface area contributed by atoms with Crippen molar-refractivity contribution in [2.24, 2.45) is 0 Å². The van der Waals surface area contributed by atoms with Crippen molar-refractivity contribution in [3.05, 3.63) is 0 Å². The van der Waals surface area contributed by atoms with Crippen molar-refractivity contribution < 1.29 is 13.5 Å². The normalized spacial score (nSPS) is 24.5. The van der Waals surface area contributed by atoms with Crippen LogP contribution in [-0.4, -0.2) is 28.0 Å². The van der Waals surface area contributed by atoms with Gasteiger partial charge in [0.25, 0.3) is 0 Å². The van der Waals surface area contributed by atoms with Crippen LogP contribution in [0.15, 0.2) is 0 Å². The van der Waals surface area contributed by atoms with Crippen molar-refractivity contribution in [3.63, 3.8) is 0 Å². The zero-order valence-corrected chi connectivity index (χ0v) is 6.36. The first kappa shape index (κ1) is 8.13. The number of hydrogen-bond acceptors (Lipinski definition) is 3. The molecule has 1 rings (SSSR count). The largest absolute Gasteiger partial charge is 0.760 e. The quantitative estimate of drug-likeness (QED) is 0.562.